The lowest BCUT2D eigenvalue weighted by Gasteiger charge is -2.30. The first-order chi connectivity index (χ1) is 10.1. The summed E-state index contributed by atoms with van der Waals surface area (Å²) >= 11 is 0. The first kappa shape index (κ1) is 17.1. The second kappa shape index (κ2) is 7.72. The fourth-order valence-corrected chi connectivity index (χ4v) is 2.21. The Balaban J connectivity index is 0.000000510. The van der Waals surface area contributed by atoms with Crippen molar-refractivity contribution in [3.63, 3.8) is 0 Å². The normalized spacial score (nSPS) is 10.9. The Labute approximate surface area is 129 Å². The zero-order valence-electron chi connectivity index (χ0n) is 14.3. The van der Waals surface area contributed by atoms with Crippen LogP contribution in [0.25, 0.3) is 0 Å². The quantitative estimate of drug-likeness (QED) is 0.569. The third kappa shape index (κ3) is 3.57. The molecule has 114 valence electrons. The molecule has 2 nitrogen and oxygen atoms in total. The lowest BCUT2D eigenvalue weighted by atomic mass is 10.1. The van der Waals surface area contributed by atoms with Gasteiger partial charge in [0, 0.05) is 7.05 Å². The molecule has 2 heteroatoms. The van der Waals surface area contributed by atoms with Crippen LogP contribution in [0, 0.1) is 13.8 Å². The van der Waals surface area contributed by atoms with E-state index in [1.165, 1.54) is 11.1 Å². The van der Waals surface area contributed by atoms with Crippen molar-refractivity contribution in [1.82, 2.24) is 0 Å². The van der Waals surface area contributed by atoms with E-state index in [2.05, 4.69) is 62.2 Å². The Morgan fingerprint density at radius 2 is 1.10 bits per heavy atom. The lowest BCUT2D eigenvalue weighted by molar-refractivity contribution is 0.475. The minimum atomic E-state index is 0.936. The number of anilines is 2. The van der Waals surface area contributed by atoms with Gasteiger partial charge in [-0.05, 0) is 49.2 Å². The van der Waals surface area contributed by atoms with E-state index in [1.54, 1.807) is 0 Å². The van der Waals surface area contributed by atoms with Crippen molar-refractivity contribution < 1.29 is 4.74 Å². The summed E-state index contributed by atoms with van der Waals surface area (Å²) in [6.07, 6.45) is 0. The fraction of sp³-hybridized carbons (Fsp3) is 0.368. The Morgan fingerprint density at radius 1 is 0.714 bits per heavy atom. The molecular formula is C19H27NO. The highest BCUT2D eigenvalue weighted by Gasteiger charge is 2.21. The van der Waals surface area contributed by atoms with Gasteiger partial charge < -0.3 is 9.64 Å². The van der Waals surface area contributed by atoms with Crippen molar-refractivity contribution in [3.05, 3.63) is 47.5 Å². The molecule has 21 heavy (non-hydrogen) atoms. The van der Waals surface area contributed by atoms with Gasteiger partial charge in [-0.3, -0.25) is 0 Å². The zero-order valence-corrected chi connectivity index (χ0v) is 14.3. The van der Waals surface area contributed by atoms with Gasteiger partial charge in [-0.1, -0.05) is 39.8 Å². The van der Waals surface area contributed by atoms with E-state index >= 15 is 0 Å². The molecular weight excluding hydrogens is 258 g/mol. The number of hydrogen-bond donors (Lipinski definition) is 0. The van der Waals surface area contributed by atoms with Crippen molar-refractivity contribution in [2.75, 3.05) is 11.9 Å². The Kier molecular flexibility index (Phi) is 6.29. The van der Waals surface area contributed by atoms with E-state index in [-0.39, 0.29) is 0 Å². The largest absolute Gasteiger partial charge is 0.453 e. The van der Waals surface area contributed by atoms with Crippen LogP contribution in [0.3, 0.4) is 0 Å². The molecule has 2 aromatic rings. The third-order valence-electron chi connectivity index (χ3n) is 3.17. The number of nitrogens with zero attached hydrogens (tertiary/aromatic N) is 1. The SMILES string of the molecule is CC.CC.Cc1ccc2c(c1)Oc1cc(C)ccc1N2C. The summed E-state index contributed by atoms with van der Waals surface area (Å²) < 4.78 is 5.97. The first-order valence-electron chi connectivity index (χ1n) is 7.78. The summed E-state index contributed by atoms with van der Waals surface area (Å²) in [7, 11) is 2.07. The molecule has 0 bridgehead atoms. The molecule has 0 saturated carbocycles. The van der Waals surface area contributed by atoms with Crippen molar-refractivity contribution in [2.24, 2.45) is 0 Å². The molecule has 0 aliphatic carbocycles. The molecule has 0 saturated heterocycles. The Hall–Kier alpha value is -1.96. The number of hydrogen-bond acceptors (Lipinski definition) is 2. The minimum Gasteiger partial charge on any atom is -0.453 e. The minimum absolute atomic E-state index is 0.936. The Morgan fingerprint density at radius 3 is 1.48 bits per heavy atom. The standard InChI is InChI=1S/C15H15NO.2C2H6/c1-10-4-6-12-14(8-10)17-15-9-11(2)5-7-13(15)16(12)3;2*1-2/h4-9H,1-3H3;2*1-2H3. The second-order valence-corrected chi connectivity index (χ2v) is 4.60. The van der Waals surface area contributed by atoms with Gasteiger partial charge >= 0.3 is 0 Å². The molecule has 3 rings (SSSR count). The van der Waals surface area contributed by atoms with Crippen LogP contribution < -0.4 is 9.64 Å². The molecule has 0 fully saturated rings. The van der Waals surface area contributed by atoms with Gasteiger partial charge in [0.05, 0.1) is 11.4 Å². The molecule has 1 aliphatic rings. The maximum absolute atomic E-state index is 5.97. The van der Waals surface area contributed by atoms with E-state index in [4.69, 9.17) is 4.74 Å². The highest BCUT2D eigenvalue weighted by molar-refractivity contribution is 5.77. The van der Waals surface area contributed by atoms with Crippen molar-refractivity contribution in [3.8, 4) is 11.5 Å². The maximum Gasteiger partial charge on any atom is 0.151 e. The molecule has 0 amide bonds. The second-order valence-electron chi connectivity index (χ2n) is 4.60. The van der Waals surface area contributed by atoms with E-state index in [9.17, 15) is 0 Å². The summed E-state index contributed by atoms with van der Waals surface area (Å²) in [6.45, 7) is 12.2. The number of aryl methyl sites for hydroxylation is 2. The fourth-order valence-electron chi connectivity index (χ4n) is 2.21. The monoisotopic (exact) mass is 285 g/mol. The van der Waals surface area contributed by atoms with Crippen molar-refractivity contribution in [2.45, 2.75) is 41.5 Å². The van der Waals surface area contributed by atoms with Gasteiger partial charge in [0.2, 0.25) is 0 Å². The lowest BCUT2D eigenvalue weighted by Crippen LogP contribution is -2.15. The topological polar surface area (TPSA) is 12.5 Å². The molecule has 0 radical (unpaired) electrons. The average Bonchev–Trinajstić information content (AvgIpc) is 2.51. The molecule has 0 atom stereocenters. The number of rotatable bonds is 0. The molecule has 2 aromatic carbocycles. The van der Waals surface area contributed by atoms with Crippen LogP contribution in [-0.2, 0) is 0 Å². The Bertz CT molecular complexity index is 539. The van der Waals surface area contributed by atoms with Crippen LogP contribution in [0.5, 0.6) is 11.5 Å². The first-order valence-corrected chi connectivity index (χ1v) is 7.78. The average molecular weight is 285 g/mol. The summed E-state index contributed by atoms with van der Waals surface area (Å²) in [6, 6.07) is 12.6. The van der Waals surface area contributed by atoms with E-state index < -0.39 is 0 Å². The molecule has 1 heterocycles. The van der Waals surface area contributed by atoms with Crippen molar-refractivity contribution >= 4 is 11.4 Å². The molecule has 1 aliphatic heterocycles. The predicted octanol–water partition coefficient (Wildman–Crippen LogP) is 6.23. The summed E-state index contributed by atoms with van der Waals surface area (Å²) in [5.41, 5.74) is 4.67. The summed E-state index contributed by atoms with van der Waals surface area (Å²) in [4.78, 5) is 2.17. The van der Waals surface area contributed by atoms with Crippen LogP contribution in [0.2, 0.25) is 0 Å². The zero-order chi connectivity index (χ0) is 16.0. The maximum atomic E-state index is 5.97. The van der Waals surface area contributed by atoms with E-state index in [1.807, 2.05) is 27.7 Å². The van der Waals surface area contributed by atoms with Crippen LogP contribution in [0.15, 0.2) is 36.4 Å². The summed E-state index contributed by atoms with van der Waals surface area (Å²) in [5, 5.41) is 0. The van der Waals surface area contributed by atoms with Gasteiger partial charge in [0.1, 0.15) is 0 Å². The molecule has 0 aromatic heterocycles. The highest BCUT2D eigenvalue weighted by atomic mass is 16.5. The smallest absolute Gasteiger partial charge is 0.151 e. The third-order valence-corrected chi connectivity index (χ3v) is 3.17. The van der Waals surface area contributed by atoms with Crippen LogP contribution in [0.1, 0.15) is 38.8 Å². The van der Waals surface area contributed by atoms with Gasteiger partial charge in [-0.25, -0.2) is 0 Å². The van der Waals surface area contributed by atoms with Gasteiger partial charge in [-0.15, -0.1) is 0 Å². The predicted molar refractivity (Wildman–Crippen MR) is 93.2 cm³/mol. The number of benzene rings is 2. The highest BCUT2D eigenvalue weighted by Crippen LogP contribution is 2.46. The number of ether oxygens (including phenoxy) is 1. The summed E-state index contributed by atoms with van der Waals surface area (Å²) in [5.74, 6) is 1.87. The molecule has 0 unspecified atom stereocenters. The molecule has 0 N–H and O–H groups in total. The van der Waals surface area contributed by atoms with Crippen LogP contribution >= 0.6 is 0 Å². The van der Waals surface area contributed by atoms with E-state index in [0.29, 0.717) is 0 Å². The van der Waals surface area contributed by atoms with Gasteiger partial charge in [0.15, 0.2) is 11.5 Å². The van der Waals surface area contributed by atoms with Crippen molar-refractivity contribution in [1.29, 1.82) is 0 Å². The van der Waals surface area contributed by atoms with Crippen LogP contribution in [0.4, 0.5) is 11.4 Å². The van der Waals surface area contributed by atoms with E-state index in [0.717, 1.165) is 22.9 Å². The number of fused-ring (bicyclic) bond motifs is 2. The van der Waals surface area contributed by atoms with Gasteiger partial charge in [0.25, 0.3) is 0 Å². The molecule has 0 spiro atoms. The van der Waals surface area contributed by atoms with Gasteiger partial charge in [-0.2, -0.15) is 0 Å². The van der Waals surface area contributed by atoms with Crippen LogP contribution in [-0.4, -0.2) is 7.05 Å².